The third kappa shape index (κ3) is 4.20. The van der Waals surface area contributed by atoms with Crippen molar-refractivity contribution in [3.05, 3.63) is 169 Å². The summed E-state index contributed by atoms with van der Waals surface area (Å²) in [6, 6.07) is 58.9. The maximum absolute atomic E-state index is 5.41. The Kier molecular flexibility index (Phi) is 5.84. The van der Waals surface area contributed by atoms with Gasteiger partial charge in [0.15, 0.2) is 5.82 Å². The van der Waals surface area contributed by atoms with Crippen LogP contribution in [0.5, 0.6) is 0 Å². The molecule has 0 unspecified atom stereocenters. The van der Waals surface area contributed by atoms with Crippen LogP contribution in [0, 0.1) is 6.92 Å². The molecule has 0 spiro atoms. The van der Waals surface area contributed by atoms with Crippen LogP contribution in [0.4, 0.5) is 0 Å². The molecule has 0 atom stereocenters. The molecule has 11 aromatic rings. The van der Waals surface area contributed by atoms with Crippen molar-refractivity contribution in [2.45, 2.75) is 6.92 Å². The zero-order valence-corrected chi connectivity index (χ0v) is 27.9. The van der Waals surface area contributed by atoms with Crippen molar-refractivity contribution in [1.82, 2.24) is 19.1 Å². The average Bonchev–Trinajstić information content (AvgIpc) is 3.66. The highest BCUT2D eigenvalue weighted by molar-refractivity contribution is 6.15. The highest BCUT2D eigenvalue weighted by atomic mass is 15.1. The maximum atomic E-state index is 5.41. The van der Waals surface area contributed by atoms with E-state index in [-0.39, 0.29) is 0 Å². The van der Waals surface area contributed by atoms with Crippen molar-refractivity contribution in [1.29, 1.82) is 0 Å². The molecule has 4 heteroatoms. The summed E-state index contributed by atoms with van der Waals surface area (Å²) in [5.41, 5.74) is 10.6. The molecule has 3 heterocycles. The number of fused-ring (bicyclic) bond motifs is 9. The lowest BCUT2D eigenvalue weighted by atomic mass is 10.0. The quantitative estimate of drug-likeness (QED) is 0.191. The Hall–Kier alpha value is -6.78. The number of hydrogen-bond acceptors (Lipinski definition) is 2. The Morgan fingerprint density at radius 2 is 1.00 bits per heavy atom. The molecule has 0 bridgehead atoms. The van der Waals surface area contributed by atoms with Crippen LogP contribution < -0.4 is 0 Å². The van der Waals surface area contributed by atoms with Crippen molar-refractivity contribution < 1.29 is 0 Å². The highest BCUT2D eigenvalue weighted by Gasteiger charge is 2.21. The van der Waals surface area contributed by atoms with Crippen LogP contribution >= 0.6 is 0 Å². The Morgan fingerprint density at radius 1 is 0.392 bits per heavy atom. The van der Waals surface area contributed by atoms with Gasteiger partial charge in [-0.2, -0.15) is 0 Å². The molecule has 4 nitrogen and oxygen atoms in total. The van der Waals surface area contributed by atoms with Crippen LogP contribution in [0.15, 0.2) is 164 Å². The van der Waals surface area contributed by atoms with Crippen LogP contribution in [0.25, 0.3) is 99.0 Å². The molecule has 0 saturated carbocycles. The van der Waals surface area contributed by atoms with Crippen molar-refractivity contribution in [2.75, 3.05) is 0 Å². The summed E-state index contributed by atoms with van der Waals surface area (Å²) in [4.78, 5) is 10.8. The normalized spacial score (nSPS) is 12.0. The van der Waals surface area contributed by atoms with E-state index in [1.165, 1.54) is 54.3 Å². The number of rotatable bonds is 3. The lowest BCUT2D eigenvalue weighted by Crippen LogP contribution is -2.03. The van der Waals surface area contributed by atoms with Gasteiger partial charge in [-0.3, -0.25) is 4.57 Å². The fraction of sp³-hybridized carbons (Fsp3) is 0.0213. The first-order valence-corrected chi connectivity index (χ1v) is 17.4. The molecule has 0 aliphatic heterocycles. The number of hydrogen-bond donors (Lipinski definition) is 0. The summed E-state index contributed by atoms with van der Waals surface area (Å²) in [6.07, 6.45) is 0. The molecule has 0 aliphatic carbocycles. The van der Waals surface area contributed by atoms with Gasteiger partial charge < -0.3 is 4.57 Å². The Labute approximate surface area is 293 Å². The summed E-state index contributed by atoms with van der Waals surface area (Å²) in [6.45, 7) is 2.16. The molecule has 0 saturated heterocycles. The molecular weight excluding hydrogens is 621 g/mol. The Morgan fingerprint density at radius 3 is 1.84 bits per heavy atom. The zero-order chi connectivity index (χ0) is 33.6. The summed E-state index contributed by atoms with van der Waals surface area (Å²) in [7, 11) is 0. The minimum atomic E-state index is 0.826. The molecule has 0 amide bonds. The molecule has 238 valence electrons. The first kappa shape index (κ1) is 28.1. The molecule has 3 aromatic heterocycles. The maximum Gasteiger partial charge on any atom is 0.165 e. The number of benzene rings is 8. The van der Waals surface area contributed by atoms with E-state index < -0.39 is 0 Å². The van der Waals surface area contributed by atoms with Crippen LogP contribution in [-0.2, 0) is 0 Å². The number of aryl methyl sites for hydroxylation is 1. The summed E-state index contributed by atoms with van der Waals surface area (Å²) < 4.78 is 4.70. The van der Waals surface area contributed by atoms with Crippen molar-refractivity contribution in [2.24, 2.45) is 0 Å². The summed E-state index contributed by atoms with van der Waals surface area (Å²) in [5.74, 6) is 0.826. The van der Waals surface area contributed by atoms with E-state index >= 15 is 0 Å². The van der Waals surface area contributed by atoms with Crippen molar-refractivity contribution in [3.63, 3.8) is 0 Å². The minimum Gasteiger partial charge on any atom is -0.309 e. The van der Waals surface area contributed by atoms with Gasteiger partial charge in [0.1, 0.15) is 5.69 Å². The van der Waals surface area contributed by atoms with Gasteiger partial charge in [-0.15, -0.1) is 0 Å². The minimum absolute atomic E-state index is 0.826. The first-order valence-electron chi connectivity index (χ1n) is 17.4. The van der Waals surface area contributed by atoms with Gasteiger partial charge in [-0.25, -0.2) is 9.97 Å². The van der Waals surface area contributed by atoms with E-state index in [1.54, 1.807) is 0 Å². The van der Waals surface area contributed by atoms with E-state index in [0.29, 0.717) is 0 Å². The fourth-order valence-electron chi connectivity index (χ4n) is 8.10. The van der Waals surface area contributed by atoms with Crippen LogP contribution in [0.1, 0.15) is 5.56 Å². The Bertz CT molecular complexity index is 3200. The fourth-order valence-corrected chi connectivity index (χ4v) is 8.10. The first-order chi connectivity index (χ1) is 25.2. The van der Waals surface area contributed by atoms with E-state index in [1.807, 2.05) is 12.1 Å². The third-order valence-electron chi connectivity index (χ3n) is 10.5. The summed E-state index contributed by atoms with van der Waals surface area (Å²) >= 11 is 0. The average molecular weight is 651 g/mol. The molecule has 0 aliphatic rings. The summed E-state index contributed by atoms with van der Waals surface area (Å²) in [5, 5.41) is 9.69. The largest absolute Gasteiger partial charge is 0.309 e. The molecule has 0 radical (unpaired) electrons. The molecule has 0 fully saturated rings. The van der Waals surface area contributed by atoms with E-state index in [4.69, 9.17) is 9.97 Å². The predicted molar refractivity (Wildman–Crippen MR) is 213 cm³/mol. The topological polar surface area (TPSA) is 35.6 Å². The van der Waals surface area contributed by atoms with Gasteiger partial charge in [-0.05, 0) is 101 Å². The van der Waals surface area contributed by atoms with Crippen LogP contribution in [0.2, 0.25) is 0 Å². The van der Waals surface area contributed by atoms with Gasteiger partial charge in [-0.1, -0.05) is 96.6 Å². The van der Waals surface area contributed by atoms with Gasteiger partial charge in [0, 0.05) is 32.8 Å². The second-order valence-corrected chi connectivity index (χ2v) is 13.6. The monoisotopic (exact) mass is 650 g/mol. The van der Waals surface area contributed by atoms with Crippen molar-refractivity contribution in [3.8, 4) is 22.8 Å². The molecule has 8 aromatic carbocycles. The number of para-hydroxylation sites is 4. The van der Waals surface area contributed by atoms with Crippen LogP contribution in [-0.4, -0.2) is 19.1 Å². The predicted octanol–water partition coefficient (Wildman–Crippen LogP) is 12.1. The second kappa shape index (κ2) is 10.6. The number of nitrogens with zero attached hydrogens (tertiary/aromatic N) is 4. The third-order valence-corrected chi connectivity index (χ3v) is 10.5. The molecular formula is C47H30N4. The zero-order valence-electron chi connectivity index (χ0n) is 27.9. The highest BCUT2D eigenvalue weighted by Crippen LogP contribution is 2.40. The van der Waals surface area contributed by atoms with E-state index in [2.05, 4.69) is 168 Å². The van der Waals surface area contributed by atoms with Gasteiger partial charge in [0.05, 0.1) is 33.1 Å². The standard InChI is InChI=1S/C47H30N4/c1-29-19-22-43-37(23-29)39-25-30-11-5-6-12-31(30)27-45(39)51(43)47-46(48-40-16-8-9-17-41(40)49-47)33-21-20-32-26-38-36-15-7-10-18-42(36)50(35-13-3-2-4-14-35)44(38)28-34(32)24-33/h2-28H,1H3. The second-order valence-electron chi connectivity index (χ2n) is 13.6. The molecule has 11 rings (SSSR count). The van der Waals surface area contributed by atoms with Gasteiger partial charge in [0.25, 0.3) is 0 Å². The van der Waals surface area contributed by atoms with Gasteiger partial charge in [0.2, 0.25) is 0 Å². The van der Waals surface area contributed by atoms with E-state index in [0.717, 1.165) is 50.2 Å². The SMILES string of the molecule is Cc1ccc2c(c1)c1cc3ccccc3cc1n2-c1nc2ccccc2nc1-c1ccc2cc3c4ccccc4n(-c4ccccc4)c3cc2c1. The molecule has 51 heavy (non-hydrogen) atoms. The smallest absolute Gasteiger partial charge is 0.165 e. The lowest BCUT2D eigenvalue weighted by Gasteiger charge is -2.15. The van der Waals surface area contributed by atoms with E-state index in [9.17, 15) is 0 Å². The lowest BCUT2D eigenvalue weighted by molar-refractivity contribution is 1.08. The molecule has 0 N–H and O–H groups in total. The Balaban J connectivity index is 1.22. The van der Waals surface area contributed by atoms with Gasteiger partial charge >= 0.3 is 0 Å². The number of aromatic nitrogens is 4. The van der Waals surface area contributed by atoms with Crippen molar-refractivity contribution >= 4 is 76.2 Å². The van der Waals surface area contributed by atoms with Crippen LogP contribution in [0.3, 0.4) is 0 Å².